The van der Waals surface area contributed by atoms with Crippen molar-refractivity contribution in [2.24, 2.45) is 4.99 Å². The molecular weight excluding hydrogens is 174 g/mol. The Hall–Kier alpha value is -1.70. The third-order valence-corrected chi connectivity index (χ3v) is 1.99. The number of Topliss-reactive ketones (excluding diaryl/α,β-unsaturated/α-hetero) is 1. The zero-order chi connectivity index (χ0) is 10.6. The summed E-state index contributed by atoms with van der Waals surface area (Å²) in [5, 5.41) is 0. The van der Waals surface area contributed by atoms with Crippen molar-refractivity contribution >= 4 is 11.5 Å². The predicted octanol–water partition coefficient (Wildman–Crippen LogP) is 2.84. The second-order valence-corrected chi connectivity index (χ2v) is 3.03. The lowest BCUT2D eigenvalue weighted by Crippen LogP contribution is -1.96. The molecule has 0 amide bonds. The van der Waals surface area contributed by atoms with Crippen molar-refractivity contribution in [1.82, 2.24) is 0 Å². The summed E-state index contributed by atoms with van der Waals surface area (Å²) < 4.78 is 0. The Morgan fingerprint density at radius 2 is 1.71 bits per heavy atom. The molecule has 0 spiro atoms. The molecule has 0 atom stereocenters. The van der Waals surface area contributed by atoms with E-state index < -0.39 is 0 Å². The number of hydrogen-bond acceptors (Lipinski definition) is 2. The Morgan fingerprint density at radius 1 is 1.21 bits per heavy atom. The van der Waals surface area contributed by atoms with Gasteiger partial charge in [-0.3, -0.25) is 9.79 Å². The Bertz CT molecular complexity index is 374. The van der Waals surface area contributed by atoms with Crippen molar-refractivity contribution in [3.05, 3.63) is 48.2 Å². The number of carbonyl (C=O) groups is 1. The first-order valence-corrected chi connectivity index (χ1v) is 4.42. The van der Waals surface area contributed by atoms with Crippen LogP contribution in [0.4, 0.5) is 0 Å². The van der Waals surface area contributed by atoms with Crippen LogP contribution in [0.5, 0.6) is 0 Å². The van der Waals surface area contributed by atoms with Crippen LogP contribution in [0.15, 0.2) is 42.0 Å². The number of ketones is 1. The minimum absolute atomic E-state index is 0.0786. The standard InChI is InChI=1S/C12H13NO/c1-4-13-9(2)11-5-7-12(8-6-11)10(3)14/h4-8H,1H2,2-3H3. The highest BCUT2D eigenvalue weighted by Gasteiger charge is 2.00. The van der Waals surface area contributed by atoms with Crippen LogP contribution in [0.1, 0.15) is 29.8 Å². The lowest BCUT2D eigenvalue weighted by molar-refractivity contribution is 0.101. The second-order valence-electron chi connectivity index (χ2n) is 3.03. The summed E-state index contributed by atoms with van der Waals surface area (Å²) in [6.45, 7) is 6.99. The van der Waals surface area contributed by atoms with Crippen molar-refractivity contribution in [1.29, 1.82) is 0 Å². The monoisotopic (exact) mass is 187 g/mol. The Balaban J connectivity index is 2.99. The normalized spacial score (nSPS) is 11.1. The third kappa shape index (κ3) is 2.39. The average Bonchev–Trinajstić information content (AvgIpc) is 2.18. The number of aliphatic imine (C=N–C) groups is 1. The molecule has 0 aliphatic heterocycles. The van der Waals surface area contributed by atoms with Crippen LogP contribution in [0, 0.1) is 0 Å². The molecule has 0 aliphatic carbocycles. The summed E-state index contributed by atoms with van der Waals surface area (Å²) in [6.07, 6.45) is 1.51. The van der Waals surface area contributed by atoms with Crippen molar-refractivity contribution < 1.29 is 4.79 Å². The van der Waals surface area contributed by atoms with E-state index in [4.69, 9.17) is 0 Å². The summed E-state index contributed by atoms with van der Waals surface area (Å²) in [6, 6.07) is 7.39. The molecule has 0 aromatic heterocycles. The Morgan fingerprint density at radius 3 is 2.14 bits per heavy atom. The van der Waals surface area contributed by atoms with Gasteiger partial charge in [-0.25, -0.2) is 0 Å². The van der Waals surface area contributed by atoms with Crippen LogP contribution in [0.3, 0.4) is 0 Å². The maximum absolute atomic E-state index is 11.0. The minimum atomic E-state index is 0.0786. The van der Waals surface area contributed by atoms with E-state index in [0.717, 1.165) is 16.8 Å². The first-order chi connectivity index (χ1) is 6.65. The summed E-state index contributed by atoms with van der Waals surface area (Å²) in [7, 11) is 0. The van der Waals surface area contributed by atoms with Crippen molar-refractivity contribution in [3.8, 4) is 0 Å². The van der Waals surface area contributed by atoms with Gasteiger partial charge in [-0.2, -0.15) is 0 Å². The van der Waals surface area contributed by atoms with Gasteiger partial charge >= 0.3 is 0 Å². The van der Waals surface area contributed by atoms with Gasteiger partial charge in [0, 0.05) is 17.5 Å². The van der Waals surface area contributed by atoms with E-state index in [1.807, 2.05) is 19.1 Å². The van der Waals surface area contributed by atoms with Gasteiger partial charge in [-0.1, -0.05) is 30.8 Å². The molecule has 0 heterocycles. The van der Waals surface area contributed by atoms with Gasteiger partial charge in [-0.15, -0.1) is 0 Å². The lowest BCUT2D eigenvalue weighted by Gasteiger charge is -2.00. The van der Waals surface area contributed by atoms with Crippen molar-refractivity contribution in [3.63, 3.8) is 0 Å². The van der Waals surface area contributed by atoms with Gasteiger partial charge in [0.15, 0.2) is 5.78 Å². The minimum Gasteiger partial charge on any atom is -0.295 e. The largest absolute Gasteiger partial charge is 0.295 e. The zero-order valence-corrected chi connectivity index (χ0v) is 8.45. The summed E-state index contributed by atoms with van der Waals surface area (Å²) in [4.78, 5) is 15.1. The zero-order valence-electron chi connectivity index (χ0n) is 8.45. The molecule has 0 N–H and O–H groups in total. The van der Waals surface area contributed by atoms with Crippen LogP contribution >= 0.6 is 0 Å². The SMILES string of the molecule is C=CN=C(C)c1ccc(C(C)=O)cc1. The number of benzene rings is 1. The molecule has 0 aliphatic rings. The fourth-order valence-corrected chi connectivity index (χ4v) is 1.16. The van der Waals surface area contributed by atoms with Gasteiger partial charge in [0.25, 0.3) is 0 Å². The molecule has 14 heavy (non-hydrogen) atoms. The van der Waals surface area contributed by atoms with Crippen LogP contribution in [-0.2, 0) is 0 Å². The van der Waals surface area contributed by atoms with Gasteiger partial charge < -0.3 is 0 Å². The molecule has 72 valence electrons. The smallest absolute Gasteiger partial charge is 0.159 e. The highest BCUT2D eigenvalue weighted by Crippen LogP contribution is 2.06. The maximum atomic E-state index is 11.0. The highest BCUT2D eigenvalue weighted by atomic mass is 16.1. The van der Waals surface area contributed by atoms with E-state index >= 15 is 0 Å². The van der Waals surface area contributed by atoms with E-state index in [9.17, 15) is 4.79 Å². The molecule has 2 heteroatoms. The molecule has 2 nitrogen and oxygen atoms in total. The van der Waals surface area contributed by atoms with Gasteiger partial charge in [0.2, 0.25) is 0 Å². The summed E-state index contributed by atoms with van der Waals surface area (Å²) in [5.74, 6) is 0.0786. The average molecular weight is 187 g/mol. The fraction of sp³-hybridized carbons (Fsp3) is 0.167. The van der Waals surface area contributed by atoms with Crippen LogP contribution in [0.2, 0.25) is 0 Å². The third-order valence-electron chi connectivity index (χ3n) is 1.99. The molecule has 0 saturated carbocycles. The van der Waals surface area contributed by atoms with Gasteiger partial charge in [-0.05, 0) is 19.4 Å². The van der Waals surface area contributed by atoms with E-state index in [1.54, 1.807) is 19.1 Å². The topological polar surface area (TPSA) is 29.4 Å². The van der Waals surface area contributed by atoms with E-state index in [1.165, 1.54) is 6.20 Å². The van der Waals surface area contributed by atoms with Crippen LogP contribution in [0.25, 0.3) is 0 Å². The Labute approximate surface area is 84.0 Å². The number of carbonyl (C=O) groups excluding carboxylic acids is 1. The Kier molecular flexibility index (Phi) is 3.35. The molecule has 0 unspecified atom stereocenters. The molecule has 1 rings (SSSR count). The number of hydrogen-bond donors (Lipinski definition) is 0. The molecule has 1 aromatic rings. The first-order valence-electron chi connectivity index (χ1n) is 4.42. The first kappa shape index (κ1) is 10.4. The van der Waals surface area contributed by atoms with E-state index in [0.29, 0.717) is 0 Å². The number of rotatable bonds is 3. The molecule has 0 bridgehead atoms. The number of nitrogens with zero attached hydrogens (tertiary/aromatic N) is 1. The molecule has 0 fully saturated rings. The van der Waals surface area contributed by atoms with Crippen LogP contribution in [-0.4, -0.2) is 11.5 Å². The molecule has 0 radical (unpaired) electrons. The van der Waals surface area contributed by atoms with Gasteiger partial charge in [0.1, 0.15) is 0 Å². The fourth-order valence-electron chi connectivity index (χ4n) is 1.16. The summed E-state index contributed by atoms with van der Waals surface area (Å²) in [5.41, 5.74) is 2.63. The highest BCUT2D eigenvalue weighted by molar-refractivity contribution is 6.00. The lowest BCUT2D eigenvalue weighted by atomic mass is 10.1. The van der Waals surface area contributed by atoms with Gasteiger partial charge in [0.05, 0.1) is 0 Å². The summed E-state index contributed by atoms with van der Waals surface area (Å²) >= 11 is 0. The quantitative estimate of drug-likeness (QED) is 0.528. The van der Waals surface area contributed by atoms with E-state index in [-0.39, 0.29) is 5.78 Å². The second kappa shape index (κ2) is 4.51. The maximum Gasteiger partial charge on any atom is 0.159 e. The van der Waals surface area contributed by atoms with Crippen LogP contribution < -0.4 is 0 Å². The molecule has 0 saturated heterocycles. The van der Waals surface area contributed by atoms with Crippen molar-refractivity contribution in [2.75, 3.05) is 0 Å². The van der Waals surface area contributed by atoms with E-state index in [2.05, 4.69) is 11.6 Å². The predicted molar refractivity (Wildman–Crippen MR) is 58.9 cm³/mol. The van der Waals surface area contributed by atoms with Crippen molar-refractivity contribution in [2.45, 2.75) is 13.8 Å². The molecule has 1 aromatic carbocycles. The molecular formula is C12H13NO.